The molecule has 0 radical (unpaired) electrons. The molecule has 0 bridgehead atoms. The Hall–Kier alpha value is -3.57. The van der Waals surface area contributed by atoms with Crippen molar-refractivity contribution >= 4 is 50.0 Å². The summed E-state index contributed by atoms with van der Waals surface area (Å²) in [5.41, 5.74) is 10.9. The minimum absolute atomic E-state index is 0.0223. The number of nitrogens with zero attached hydrogens (tertiary/aromatic N) is 6. The molecule has 242 valence electrons. The molecule has 2 unspecified atom stereocenters. The number of aromatic amines is 2. The monoisotopic (exact) mass is 675 g/mol. The van der Waals surface area contributed by atoms with Crippen molar-refractivity contribution < 1.29 is 57.3 Å². The lowest BCUT2D eigenvalue weighted by atomic mass is 10.1. The molecule has 0 saturated carbocycles. The molecule has 2 fully saturated rings. The first-order chi connectivity index (χ1) is 21.4. The number of imidazole rings is 1. The standard InChI is InChI=1S/C20H24N10O13P2/c21-16-9-7(23-3-24-16)8(28-29-9)14-12(33)13(42-44(35)36)6(40-14)2-39-45(37,38)43-15-11(32)5(1-31)41-19(15)30-4-25-10-17(30)26-20(22)27-18(10)34/h3-6,11-15,19,31-33H,1-2H2,(H7-,21,22,23,24,26,27,28,29,34,35,36,37,38)/p+1/t5-,6-,11-,12-,13-,14+,15-,19-/m1/s1. The number of aliphatic hydroxyl groups excluding tert-OH is 3. The molecule has 2 saturated heterocycles. The Bertz CT molecular complexity index is 1850. The molecule has 0 aliphatic carbocycles. The van der Waals surface area contributed by atoms with E-state index < -0.39 is 83.8 Å². The van der Waals surface area contributed by atoms with Gasteiger partial charge >= 0.3 is 16.1 Å². The van der Waals surface area contributed by atoms with Gasteiger partial charge in [0.15, 0.2) is 34.8 Å². The van der Waals surface area contributed by atoms with E-state index in [1.165, 1.54) is 0 Å². The predicted octanol–water partition coefficient (Wildman–Crippen LogP) is -2.76. The highest BCUT2D eigenvalue weighted by molar-refractivity contribution is 7.47. The summed E-state index contributed by atoms with van der Waals surface area (Å²) in [7, 11) is -8.46. The first-order valence-electron chi connectivity index (χ1n) is 12.8. The predicted molar refractivity (Wildman–Crippen MR) is 145 cm³/mol. The van der Waals surface area contributed by atoms with Crippen molar-refractivity contribution in [2.24, 2.45) is 0 Å². The fourth-order valence-corrected chi connectivity index (χ4v) is 6.50. The topological polar surface area (TPSA) is 352 Å². The minimum Gasteiger partial charge on any atom is -0.394 e. The van der Waals surface area contributed by atoms with Crippen LogP contribution in [0.25, 0.3) is 22.2 Å². The SMILES string of the molecule is Nc1nc2c(ncn2[C@@H]2O[C@H](CO)[C@@H](O)[C@H]2OP(=O)(O)OC[C@H]2O[C@@H](c3[nH]nc4c(N)ncnc34)[C@H](O)[C@@H]2O[P+](=O)O)c(=O)[nH]1. The van der Waals surface area contributed by atoms with Crippen LogP contribution >= 0.6 is 16.1 Å². The third-order valence-corrected chi connectivity index (χ3v) is 8.51. The molecular formula is C20H25N10O13P2+. The molecule has 25 heteroatoms. The summed E-state index contributed by atoms with van der Waals surface area (Å²) in [5, 5.41) is 38.0. The van der Waals surface area contributed by atoms with Gasteiger partial charge in [0.2, 0.25) is 5.95 Å². The normalized spacial score (nSPS) is 30.3. The minimum atomic E-state index is -5.17. The molecule has 23 nitrogen and oxygen atoms in total. The molecule has 4 aromatic heterocycles. The van der Waals surface area contributed by atoms with Crippen molar-refractivity contribution in [3.63, 3.8) is 0 Å². The fourth-order valence-electron chi connectivity index (χ4n) is 5.10. The summed E-state index contributed by atoms with van der Waals surface area (Å²) in [4.78, 5) is 50.3. The van der Waals surface area contributed by atoms with Crippen LogP contribution in [0, 0.1) is 0 Å². The number of rotatable bonds is 10. The van der Waals surface area contributed by atoms with Gasteiger partial charge in [-0.15, -0.1) is 9.42 Å². The third kappa shape index (κ3) is 5.80. The number of anilines is 2. The highest BCUT2D eigenvalue weighted by Crippen LogP contribution is 2.50. The zero-order valence-electron chi connectivity index (χ0n) is 22.4. The molecule has 4 aromatic rings. The van der Waals surface area contributed by atoms with E-state index in [0.717, 1.165) is 17.2 Å². The number of hydrogen-bond acceptors (Lipinski definition) is 18. The van der Waals surface area contributed by atoms with E-state index in [9.17, 15) is 39.0 Å². The summed E-state index contributed by atoms with van der Waals surface area (Å²) in [6.45, 7) is -1.58. The van der Waals surface area contributed by atoms with Crippen molar-refractivity contribution in [1.29, 1.82) is 0 Å². The molecule has 10 atom stereocenters. The Balaban J connectivity index is 1.22. The maximum Gasteiger partial charge on any atom is 0.695 e. The van der Waals surface area contributed by atoms with Crippen LogP contribution in [-0.2, 0) is 32.2 Å². The second kappa shape index (κ2) is 12.0. The number of H-pyrrole nitrogens is 2. The molecule has 11 N–H and O–H groups in total. The number of nitrogens with one attached hydrogen (secondary N) is 2. The largest absolute Gasteiger partial charge is 0.695 e. The van der Waals surface area contributed by atoms with Crippen LogP contribution in [0.3, 0.4) is 0 Å². The smallest absolute Gasteiger partial charge is 0.394 e. The van der Waals surface area contributed by atoms with Crippen LogP contribution in [-0.4, -0.2) is 115 Å². The Morgan fingerprint density at radius 1 is 1.09 bits per heavy atom. The summed E-state index contributed by atoms with van der Waals surface area (Å²) < 4.78 is 52.5. The van der Waals surface area contributed by atoms with Gasteiger partial charge in [-0.3, -0.25) is 28.5 Å². The number of aliphatic hydroxyl groups is 3. The van der Waals surface area contributed by atoms with Gasteiger partial charge in [0.1, 0.15) is 48.5 Å². The van der Waals surface area contributed by atoms with Crippen molar-refractivity contribution in [1.82, 2.24) is 39.7 Å². The van der Waals surface area contributed by atoms with Gasteiger partial charge in [-0.25, -0.2) is 19.5 Å². The van der Waals surface area contributed by atoms with Gasteiger partial charge in [-0.2, -0.15) is 10.1 Å². The number of ether oxygens (including phenoxy) is 2. The maximum absolute atomic E-state index is 13.1. The number of phosphoric acid groups is 1. The van der Waals surface area contributed by atoms with Gasteiger partial charge in [0.25, 0.3) is 5.56 Å². The summed E-state index contributed by atoms with van der Waals surface area (Å²) >= 11 is 0. The Kier molecular flexibility index (Phi) is 8.36. The van der Waals surface area contributed by atoms with Crippen LogP contribution in [0.5, 0.6) is 0 Å². The number of nitrogens with two attached hydrogens (primary N) is 2. The lowest BCUT2D eigenvalue weighted by Gasteiger charge is -2.24. The molecule has 0 spiro atoms. The lowest BCUT2D eigenvalue weighted by molar-refractivity contribution is -0.0545. The fraction of sp³-hybridized carbons (Fsp3) is 0.500. The zero-order chi connectivity index (χ0) is 32.2. The van der Waals surface area contributed by atoms with Crippen molar-refractivity contribution in [3.8, 4) is 0 Å². The second-order valence-corrected chi connectivity index (χ2v) is 11.9. The van der Waals surface area contributed by atoms with E-state index in [4.69, 9.17) is 34.5 Å². The van der Waals surface area contributed by atoms with Gasteiger partial charge < -0.3 is 41.2 Å². The average molecular weight is 675 g/mol. The van der Waals surface area contributed by atoms with Crippen molar-refractivity contribution in [2.75, 3.05) is 24.7 Å². The average Bonchev–Trinajstić information content (AvgIpc) is 3.73. The van der Waals surface area contributed by atoms with Crippen LogP contribution in [0.15, 0.2) is 17.4 Å². The quantitative estimate of drug-likeness (QED) is 0.0768. The molecule has 6 heterocycles. The first-order valence-corrected chi connectivity index (χ1v) is 15.4. The number of hydrogen-bond donors (Lipinski definition) is 9. The van der Waals surface area contributed by atoms with E-state index in [-0.39, 0.29) is 39.7 Å². The van der Waals surface area contributed by atoms with Gasteiger partial charge in [0.05, 0.1) is 25.2 Å². The molecule has 2 aliphatic heterocycles. The second-order valence-electron chi connectivity index (χ2n) is 9.83. The Labute approximate surface area is 249 Å². The summed E-state index contributed by atoms with van der Waals surface area (Å²) in [6, 6.07) is 0. The summed E-state index contributed by atoms with van der Waals surface area (Å²) in [5.74, 6) is -0.258. The summed E-state index contributed by atoms with van der Waals surface area (Å²) in [6.07, 6.45) is -9.92. The van der Waals surface area contributed by atoms with Crippen LogP contribution in [0.4, 0.5) is 11.8 Å². The van der Waals surface area contributed by atoms with E-state index in [2.05, 4.69) is 35.1 Å². The molecule has 0 aromatic carbocycles. The van der Waals surface area contributed by atoms with E-state index in [1.807, 2.05) is 0 Å². The van der Waals surface area contributed by atoms with Crippen molar-refractivity contribution in [2.45, 2.75) is 49.0 Å². The molecule has 0 amide bonds. The van der Waals surface area contributed by atoms with E-state index in [0.29, 0.717) is 0 Å². The van der Waals surface area contributed by atoms with Gasteiger partial charge in [-0.05, 0) is 0 Å². The molecular weight excluding hydrogens is 650 g/mol. The van der Waals surface area contributed by atoms with Gasteiger partial charge in [0, 0.05) is 4.57 Å². The molecule has 2 aliphatic rings. The van der Waals surface area contributed by atoms with E-state index >= 15 is 0 Å². The number of aromatic nitrogens is 8. The maximum atomic E-state index is 13.1. The number of fused-ring (bicyclic) bond motifs is 2. The van der Waals surface area contributed by atoms with E-state index in [1.54, 1.807) is 0 Å². The highest BCUT2D eigenvalue weighted by Gasteiger charge is 2.53. The zero-order valence-corrected chi connectivity index (χ0v) is 24.2. The van der Waals surface area contributed by atoms with Crippen LogP contribution in [0.1, 0.15) is 18.0 Å². The lowest BCUT2D eigenvalue weighted by Crippen LogP contribution is -2.36. The highest BCUT2D eigenvalue weighted by atomic mass is 31.2. The first kappa shape index (κ1) is 31.4. The third-order valence-electron chi connectivity index (χ3n) is 7.10. The Morgan fingerprint density at radius 3 is 2.60 bits per heavy atom. The van der Waals surface area contributed by atoms with Crippen LogP contribution in [0.2, 0.25) is 0 Å². The van der Waals surface area contributed by atoms with Crippen LogP contribution < -0.4 is 17.0 Å². The van der Waals surface area contributed by atoms with Gasteiger partial charge in [-0.1, -0.05) is 0 Å². The molecule has 6 rings (SSSR count). The number of phosphoric ester groups is 1. The molecule has 45 heavy (non-hydrogen) atoms. The Morgan fingerprint density at radius 2 is 1.87 bits per heavy atom. The van der Waals surface area contributed by atoms with Crippen molar-refractivity contribution in [3.05, 3.63) is 28.7 Å². The number of nitrogen functional groups attached to an aromatic ring is 2.